The Bertz CT molecular complexity index is 1300. The molecule has 0 bridgehead atoms. The zero-order chi connectivity index (χ0) is 24.6. The van der Waals surface area contributed by atoms with Crippen molar-refractivity contribution < 1.29 is 27.7 Å². The van der Waals surface area contributed by atoms with Gasteiger partial charge >= 0.3 is 0 Å². The summed E-state index contributed by atoms with van der Waals surface area (Å²) in [5.74, 6) is -1.37. The number of carbonyl (C=O) groups is 2. The number of ether oxygens (including phenoxy) is 1. The number of nitro benzene ring substituents is 1. The van der Waals surface area contributed by atoms with Crippen LogP contribution in [0.4, 0.5) is 5.69 Å². The summed E-state index contributed by atoms with van der Waals surface area (Å²) in [6, 6.07) is 19.5. The maximum atomic E-state index is 12.6. The average Bonchev–Trinajstić information content (AvgIpc) is 2.85. The van der Waals surface area contributed by atoms with Crippen LogP contribution in [0.25, 0.3) is 0 Å². The Balaban J connectivity index is 1.54. The van der Waals surface area contributed by atoms with Crippen molar-refractivity contribution in [3.8, 4) is 5.75 Å². The van der Waals surface area contributed by atoms with Gasteiger partial charge in [-0.3, -0.25) is 30.6 Å². The smallest absolute Gasteiger partial charge is 0.276 e. The van der Waals surface area contributed by atoms with E-state index in [1.807, 2.05) is 6.07 Å². The number of non-ortho nitro benzene ring substituents is 1. The predicted octanol–water partition coefficient (Wildman–Crippen LogP) is 1.91. The zero-order valence-electron chi connectivity index (χ0n) is 17.6. The number of nitro groups is 1. The Hall–Kier alpha value is -4.29. The molecular weight excluding hydrogens is 464 g/mol. The minimum Gasteiger partial charge on any atom is -0.483 e. The largest absolute Gasteiger partial charge is 0.483 e. The van der Waals surface area contributed by atoms with E-state index in [9.17, 15) is 28.1 Å². The molecule has 3 N–H and O–H groups in total. The Kier molecular flexibility index (Phi) is 7.90. The highest BCUT2D eigenvalue weighted by molar-refractivity contribution is 7.89. The maximum absolute atomic E-state index is 12.6. The first-order valence-electron chi connectivity index (χ1n) is 9.85. The van der Waals surface area contributed by atoms with Crippen LogP contribution >= 0.6 is 0 Å². The van der Waals surface area contributed by atoms with E-state index < -0.39 is 33.4 Å². The summed E-state index contributed by atoms with van der Waals surface area (Å²) >= 11 is 0. The van der Waals surface area contributed by atoms with Crippen molar-refractivity contribution >= 4 is 27.5 Å². The van der Waals surface area contributed by atoms with Crippen LogP contribution < -0.4 is 20.3 Å². The third-order valence-corrected chi connectivity index (χ3v) is 5.83. The highest BCUT2D eigenvalue weighted by Crippen LogP contribution is 2.18. The van der Waals surface area contributed by atoms with Gasteiger partial charge in [-0.2, -0.15) is 0 Å². The molecule has 0 saturated carbocycles. The monoisotopic (exact) mass is 484 g/mol. The second kappa shape index (κ2) is 11.0. The summed E-state index contributed by atoms with van der Waals surface area (Å²) in [7, 11) is -3.88. The van der Waals surface area contributed by atoms with E-state index in [1.165, 1.54) is 42.5 Å². The van der Waals surface area contributed by atoms with Gasteiger partial charge in [-0.15, -0.1) is 0 Å². The molecule has 3 aromatic carbocycles. The average molecular weight is 484 g/mol. The number of benzene rings is 3. The van der Waals surface area contributed by atoms with E-state index in [0.29, 0.717) is 0 Å². The molecule has 0 atom stereocenters. The number of nitrogens with zero attached hydrogens (tertiary/aromatic N) is 1. The lowest BCUT2D eigenvalue weighted by atomic mass is 10.2. The van der Waals surface area contributed by atoms with Gasteiger partial charge in [-0.25, -0.2) is 13.1 Å². The van der Waals surface area contributed by atoms with Gasteiger partial charge in [0.15, 0.2) is 6.61 Å². The molecule has 2 amide bonds. The standard InChI is InChI=1S/C22H20N4O7S/c27-21(15-33-19-10-5-9-18(13-19)26(29)30)24-25-22(28)17-8-4-11-20(12-17)34(31,32)23-14-16-6-2-1-3-7-16/h1-13,23H,14-15H2,(H,24,27)(H,25,28). The fraction of sp³-hybridized carbons (Fsp3) is 0.0909. The second-order valence-electron chi connectivity index (χ2n) is 6.88. The van der Waals surface area contributed by atoms with Crippen LogP contribution in [0.2, 0.25) is 0 Å². The number of hydrogen-bond donors (Lipinski definition) is 3. The quantitative estimate of drug-likeness (QED) is 0.309. The van der Waals surface area contributed by atoms with Crippen molar-refractivity contribution in [2.24, 2.45) is 0 Å². The van der Waals surface area contributed by atoms with E-state index in [1.54, 1.807) is 24.3 Å². The Morgan fingerprint density at radius 3 is 2.38 bits per heavy atom. The lowest BCUT2D eigenvalue weighted by Gasteiger charge is -2.10. The number of nitrogens with one attached hydrogen (secondary N) is 3. The SMILES string of the molecule is O=C(COc1cccc([N+](=O)[O-])c1)NNC(=O)c1cccc(S(=O)(=O)NCc2ccccc2)c1. The lowest BCUT2D eigenvalue weighted by molar-refractivity contribution is -0.384. The molecule has 3 aromatic rings. The summed E-state index contributed by atoms with van der Waals surface area (Å²) in [5.41, 5.74) is 4.87. The number of carbonyl (C=O) groups excluding carboxylic acids is 2. The number of sulfonamides is 1. The van der Waals surface area contributed by atoms with Crippen LogP contribution in [0.3, 0.4) is 0 Å². The fourth-order valence-electron chi connectivity index (χ4n) is 2.73. The molecule has 0 saturated heterocycles. The normalized spacial score (nSPS) is 10.8. The fourth-order valence-corrected chi connectivity index (χ4v) is 3.80. The van der Waals surface area contributed by atoms with Crippen LogP contribution in [-0.2, 0) is 21.4 Å². The van der Waals surface area contributed by atoms with Gasteiger partial charge in [-0.05, 0) is 29.8 Å². The highest BCUT2D eigenvalue weighted by atomic mass is 32.2. The minimum absolute atomic E-state index is 0.00230. The molecule has 0 unspecified atom stereocenters. The van der Waals surface area contributed by atoms with Gasteiger partial charge < -0.3 is 4.74 Å². The first kappa shape index (κ1) is 24.4. The van der Waals surface area contributed by atoms with Gasteiger partial charge in [-0.1, -0.05) is 42.5 Å². The lowest BCUT2D eigenvalue weighted by Crippen LogP contribution is -2.43. The van der Waals surface area contributed by atoms with Gasteiger partial charge in [0.2, 0.25) is 10.0 Å². The van der Waals surface area contributed by atoms with Crippen molar-refractivity contribution in [1.29, 1.82) is 0 Å². The molecule has 0 aromatic heterocycles. The van der Waals surface area contributed by atoms with Crippen LogP contribution in [0.15, 0.2) is 83.8 Å². The van der Waals surface area contributed by atoms with E-state index in [-0.39, 0.29) is 28.4 Å². The number of hydrazine groups is 1. The van der Waals surface area contributed by atoms with Crippen LogP contribution in [0.5, 0.6) is 5.75 Å². The van der Waals surface area contributed by atoms with Gasteiger partial charge in [0, 0.05) is 18.2 Å². The molecule has 3 rings (SSSR count). The van der Waals surface area contributed by atoms with Gasteiger partial charge in [0.1, 0.15) is 5.75 Å². The second-order valence-corrected chi connectivity index (χ2v) is 8.65. The maximum Gasteiger partial charge on any atom is 0.276 e. The van der Waals surface area contributed by atoms with Crippen LogP contribution in [0.1, 0.15) is 15.9 Å². The Labute approximate surface area is 194 Å². The Morgan fingerprint density at radius 1 is 0.912 bits per heavy atom. The topological polar surface area (TPSA) is 157 Å². The van der Waals surface area contributed by atoms with Crippen LogP contribution in [0, 0.1) is 10.1 Å². The molecule has 0 aliphatic rings. The molecule has 0 fully saturated rings. The van der Waals surface area contributed by atoms with Crippen LogP contribution in [-0.4, -0.2) is 31.8 Å². The summed E-state index contributed by atoms with van der Waals surface area (Å²) in [5, 5.41) is 10.8. The first-order valence-corrected chi connectivity index (χ1v) is 11.3. The van der Waals surface area contributed by atoms with Crippen molar-refractivity contribution in [2.45, 2.75) is 11.4 Å². The van der Waals surface area contributed by atoms with E-state index in [2.05, 4.69) is 15.6 Å². The van der Waals surface area contributed by atoms with Crippen molar-refractivity contribution in [3.05, 3.63) is 100 Å². The summed E-state index contributed by atoms with van der Waals surface area (Å²) < 4.78 is 32.8. The van der Waals surface area contributed by atoms with Gasteiger partial charge in [0.25, 0.3) is 17.5 Å². The van der Waals surface area contributed by atoms with E-state index in [0.717, 1.165) is 11.6 Å². The number of amides is 2. The zero-order valence-corrected chi connectivity index (χ0v) is 18.4. The first-order chi connectivity index (χ1) is 16.2. The van der Waals surface area contributed by atoms with Crippen molar-refractivity contribution in [2.75, 3.05) is 6.61 Å². The van der Waals surface area contributed by atoms with Gasteiger partial charge in [0.05, 0.1) is 15.9 Å². The predicted molar refractivity (Wildman–Crippen MR) is 121 cm³/mol. The van der Waals surface area contributed by atoms with E-state index in [4.69, 9.17) is 4.74 Å². The Morgan fingerprint density at radius 2 is 1.65 bits per heavy atom. The molecule has 11 nitrogen and oxygen atoms in total. The molecule has 34 heavy (non-hydrogen) atoms. The summed E-state index contributed by atoms with van der Waals surface area (Å²) in [4.78, 5) is 34.3. The molecule has 12 heteroatoms. The third kappa shape index (κ3) is 6.85. The number of hydrogen-bond acceptors (Lipinski definition) is 7. The van der Waals surface area contributed by atoms with E-state index >= 15 is 0 Å². The molecular formula is C22H20N4O7S. The molecule has 0 spiro atoms. The molecule has 0 aliphatic carbocycles. The third-order valence-electron chi connectivity index (χ3n) is 4.43. The highest BCUT2D eigenvalue weighted by Gasteiger charge is 2.17. The minimum atomic E-state index is -3.88. The molecule has 176 valence electrons. The number of rotatable bonds is 9. The molecule has 0 heterocycles. The van der Waals surface area contributed by atoms with Crippen molar-refractivity contribution in [1.82, 2.24) is 15.6 Å². The summed E-state index contributed by atoms with van der Waals surface area (Å²) in [6.07, 6.45) is 0. The summed E-state index contributed by atoms with van der Waals surface area (Å²) in [6.45, 7) is -0.431. The molecule has 0 radical (unpaired) electrons. The van der Waals surface area contributed by atoms with Crippen molar-refractivity contribution in [3.63, 3.8) is 0 Å². The molecule has 0 aliphatic heterocycles.